The minimum Gasteiger partial charge on any atom is -0.462 e. The Kier molecular flexibility index (Phi) is 9.06. The monoisotopic (exact) mass is 378 g/mol. The van der Waals surface area contributed by atoms with E-state index in [9.17, 15) is 9.59 Å². The van der Waals surface area contributed by atoms with Crippen LogP contribution in [0.4, 0.5) is 5.95 Å². The summed E-state index contributed by atoms with van der Waals surface area (Å²) in [5.41, 5.74) is 11.2. The molecule has 2 heterocycles. The van der Waals surface area contributed by atoms with Gasteiger partial charge < -0.3 is 26.4 Å². The van der Waals surface area contributed by atoms with Gasteiger partial charge in [-0.25, -0.2) is 4.98 Å². The number of anilines is 1. The number of aromatic nitrogens is 4. The van der Waals surface area contributed by atoms with Gasteiger partial charge >= 0.3 is 5.97 Å². The highest BCUT2D eigenvalue weighted by Gasteiger charge is 2.18. The van der Waals surface area contributed by atoms with Crippen LogP contribution in [0.5, 0.6) is 0 Å². The maximum Gasteiger partial charge on any atom is 0.323 e. The van der Waals surface area contributed by atoms with E-state index < -0.39 is 17.6 Å². The number of nitrogens with zero attached hydrogens (tertiary/aromatic N) is 3. The summed E-state index contributed by atoms with van der Waals surface area (Å²) < 4.78 is 11.9. The summed E-state index contributed by atoms with van der Waals surface area (Å²) in [7, 11) is 0. The quantitative estimate of drug-likeness (QED) is 0.396. The summed E-state index contributed by atoms with van der Waals surface area (Å²) >= 11 is 0. The topological polar surface area (TPSA) is 183 Å². The Morgan fingerprint density at radius 2 is 2.08 bits per heavy atom. The third-order valence-electron chi connectivity index (χ3n) is 3.19. The van der Waals surface area contributed by atoms with Crippen molar-refractivity contribution in [2.24, 2.45) is 11.7 Å². The fraction of sp³-hybridized carbons (Fsp3) is 0.538. The van der Waals surface area contributed by atoms with Gasteiger partial charge in [0.15, 0.2) is 11.2 Å². The molecule has 2 rings (SSSR count). The smallest absolute Gasteiger partial charge is 0.323 e. The summed E-state index contributed by atoms with van der Waals surface area (Å²) in [6.45, 7) is 4.04. The molecule has 12 heteroatoms. The molecule has 2 aromatic heterocycles. The van der Waals surface area contributed by atoms with Gasteiger partial charge in [0.2, 0.25) is 5.95 Å². The number of fused-ring (bicyclic) bond motifs is 1. The van der Waals surface area contributed by atoms with Crippen molar-refractivity contribution in [1.29, 1.82) is 0 Å². The zero-order chi connectivity index (χ0) is 17.0. The molecule has 0 fully saturated rings. The van der Waals surface area contributed by atoms with E-state index in [1.54, 1.807) is 0 Å². The number of nitrogens with two attached hydrogens (primary N) is 2. The maximum atomic E-state index is 11.6. The Morgan fingerprint density at radius 1 is 1.40 bits per heavy atom. The van der Waals surface area contributed by atoms with E-state index in [-0.39, 0.29) is 55.2 Å². The highest BCUT2D eigenvalue weighted by atomic mass is 35.5. The molecule has 0 saturated carbocycles. The predicted octanol–water partition coefficient (Wildman–Crippen LogP) is -1.20. The molecule has 25 heavy (non-hydrogen) atoms. The van der Waals surface area contributed by atoms with Crippen molar-refractivity contribution in [2.45, 2.75) is 26.6 Å². The van der Waals surface area contributed by atoms with E-state index in [0.717, 1.165) is 0 Å². The Labute approximate surface area is 149 Å². The van der Waals surface area contributed by atoms with Crippen LogP contribution in [0, 0.1) is 5.92 Å². The lowest BCUT2D eigenvalue weighted by atomic mass is 10.1. The first-order valence-corrected chi connectivity index (χ1v) is 7.10. The predicted molar refractivity (Wildman–Crippen MR) is 93.1 cm³/mol. The van der Waals surface area contributed by atoms with E-state index in [2.05, 4.69) is 15.0 Å². The molecular weight excluding hydrogens is 356 g/mol. The zero-order valence-electron chi connectivity index (χ0n) is 13.9. The Bertz CT molecular complexity index is 746. The second-order valence-corrected chi connectivity index (χ2v) is 5.31. The Morgan fingerprint density at radius 3 is 2.72 bits per heavy atom. The number of hydrogen-bond donors (Lipinski definition) is 3. The van der Waals surface area contributed by atoms with Gasteiger partial charge in [0.05, 0.1) is 12.9 Å². The average Bonchev–Trinajstić information content (AvgIpc) is 2.89. The first-order valence-electron chi connectivity index (χ1n) is 7.10. The van der Waals surface area contributed by atoms with Gasteiger partial charge in [0, 0.05) is 0 Å². The number of nitrogen functional groups attached to an aromatic ring is 1. The lowest BCUT2D eigenvalue weighted by Gasteiger charge is -2.14. The van der Waals surface area contributed by atoms with Crippen molar-refractivity contribution < 1.29 is 19.7 Å². The number of carbonyl (C=O) groups excluding carboxylic acids is 1. The van der Waals surface area contributed by atoms with E-state index in [1.807, 2.05) is 13.8 Å². The molecule has 1 unspecified atom stereocenters. The van der Waals surface area contributed by atoms with Gasteiger partial charge in [0.25, 0.3) is 5.56 Å². The van der Waals surface area contributed by atoms with Crippen molar-refractivity contribution in [3.63, 3.8) is 0 Å². The molecule has 7 N–H and O–H groups in total. The Balaban J connectivity index is 0.00000288. The maximum absolute atomic E-state index is 11.6. The number of carbonyl (C=O) groups is 1. The van der Waals surface area contributed by atoms with Crippen LogP contribution in [0.15, 0.2) is 11.1 Å². The molecular formula is C13H23ClN6O5. The minimum absolute atomic E-state index is 0. The van der Waals surface area contributed by atoms with Crippen LogP contribution in [-0.2, 0) is 21.0 Å². The van der Waals surface area contributed by atoms with Gasteiger partial charge in [-0.1, -0.05) is 13.8 Å². The summed E-state index contributed by atoms with van der Waals surface area (Å²) in [6.07, 6.45) is 1.42. The highest BCUT2D eigenvalue weighted by Crippen LogP contribution is 2.06. The summed E-state index contributed by atoms with van der Waals surface area (Å²) in [6, 6.07) is -0.647. The Hall–Kier alpha value is -2.21. The highest BCUT2D eigenvalue weighted by molar-refractivity contribution is 5.85. The van der Waals surface area contributed by atoms with E-state index in [1.165, 1.54) is 10.9 Å². The van der Waals surface area contributed by atoms with Crippen LogP contribution in [0.25, 0.3) is 11.2 Å². The number of nitrogens with one attached hydrogen (secondary N) is 1. The molecule has 0 bridgehead atoms. The zero-order valence-corrected chi connectivity index (χ0v) is 14.7. The number of H-pyrrole nitrogens is 1. The third-order valence-corrected chi connectivity index (χ3v) is 3.19. The molecule has 1 atom stereocenters. The van der Waals surface area contributed by atoms with Crippen LogP contribution < -0.4 is 17.0 Å². The molecule has 0 saturated heterocycles. The lowest BCUT2D eigenvalue weighted by molar-refractivity contribution is -0.148. The van der Waals surface area contributed by atoms with Crippen molar-refractivity contribution in [3.05, 3.63) is 16.7 Å². The van der Waals surface area contributed by atoms with Gasteiger partial charge in [-0.15, -0.1) is 12.4 Å². The number of esters is 1. The summed E-state index contributed by atoms with van der Waals surface area (Å²) in [5, 5.41) is 0. The van der Waals surface area contributed by atoms with Gasteiger partial charge in [0.1, 0.15) is 19.4 Å². The van der Waals surface area contributed by atoms with E-state index in [4.69, 9.17) is 20.9 Å². The molecule has 0 aliphatic carbocycles. The molecule has 11 nitrogen and oxygen atoms in total. The number of hydrogen-bond acceptors (Lipinski definition) is 8. The second kappa shape index (κ2) is 9.93. The number of aromatic amines is 1. The van der Waals surface area contributed by atoms with Gasteiger partial charge in [-0.3, -0.25) is 19.1 Å². The summed E-state index contributed by atoms with van der Waals surface area (Å²) in [5.74, 6) is -0.450. The first-order chi connectivity index (χ1) is 10.9. The van der Waals surface area contributed by atoms with Gasteiger partial charge in [-0.05, 0) is 5.92 Å². The molecule has 0 radical (unpaired) electrons. The van der Waals surface area contributed by atoms with E-state index >= 15 is 0 Å². The second-order valence-electron chi connectivity index (χ2n) is 5.31. The number of ether oxygens (including phenoxy) is 2. The molecule has 0 aliphatic rings. The van der Waals surface area contributed by atoms with Crippen molar-refractivity contribution in [2.75, 3.05) is 18.9 Å². The normalized spacial score (nSPS) is 11.7. The van der Waals surface area contributed by atoms with Crippen molar-refractivity contribution in [3.8, 4) is 0 Å². The van der Waals surface area contributed by atoms with Crippen LogP contribution in [0.3, 0.4) is 0 Å². The molecule has 0 spiro atoms. The molecule has 2 aromatic rings. The van der Waals surface area contributed by atoms with Crippen LogP contribution >= 0.6 is 12.4 Å². The minimum atomic E-state index is -0.647. The first kappa shape index (κ1) is 22.8. The van der Waals surface area contributed by atoms with Crippen molar-refractivity contribution in [1.82, 2.24) is 19.5 Å². The van der Waals surface area contributed by atoms with E-state index in [0.29, 0.717) is 5.65 Å². The molecule has 142 valence electrons. The number of imidazole rings is 1. The molecule has 0 aliphatic heterocycles. The standard InChI is InChI=1S/C13H20N6O4.ClH.H2O/c1-7(2)8(14)12(21)23-4-3-22-6-19-5-16-9-10(19)17-13(15)18-11(9)20;;/h5,7-8H,3-4,6,14H2,1-2H3,(H3,15,17,18,20);1H;1H2. The summed E-state index contributed by atoms with van der Waals surface area (Å²) in [4.78, 5) is 33.5. The van der Waals surface area contributed by atoms with Crippen LogP contribution in [0.2, 0.25) is 0 Å². The lowest BCUT2D eigenvalue weighted by Crippen LogP contribution is -2.37. The molecule has 0 aromatic carbocycles. The number of halogens is 1. The number of rotatable bonds is 7. The molecule has 0 amide bonds. The third kappa shape index (κ3) is 5.67. The largest absolute Gasteiger partial charge is 0.462 e. The fourth-order valence-electron chi connectivity index (χ4n) is 1.80. The van der Waals surface area contributed by atoms with Crippen LogP contribution in [0.1, 0.15) is 13.8 Å². The van der Waals surface area contributed by atoms with Gasteiger partial charge in [-0.2, -0.15) is 4.98 Å². The fourth-order valence-corrected chi connectivity index (χ4v) is 1.80. The van der Waals surface area contributed by atoms with Crippen molar-refractivity contribution >= 4 is 35.5 Å². The average molecular weight is 379 g/mol. The SMILES string of the molecule is CC(C)C(N)C(=O)OCCOCn1cnc2c(=O)[nH]c(N)nc21.Cl.O. The van der Waals surface area contributed by atoms with Crippen LogP contribution in [-0.4, -0.2) is 50.2 Å².